The third-order valence-electron chi connectivity index (χ3n) is 7.14. The number of benzene rings is 2. The SMILES string of the molecule is O=C(CN1CCC(C(=O)Nc2ccccc2)CC1)Nc1cc(C2CCCC2)nn1-c1ccccc1. The number of piperidine rings is 1. The Labute approximate surface area is 206 Å². The maximum atomic E-state index is 13.0. The van der Waals surface area contributed by atoms with Crippen LogP contribution < -0.4 is 10.6 Å². The number of anilines is 2. The van der Waals surface area contributed by atoms with Gasteiger partial charge in [-0.2, -0.15) is 5.10 Å². The molecule has 35 heavy (non-hydrogen) atoms. The molecule has 2 fully saturated rings. The highest BCUT2D eigenvalue weighted by atomic mass is 16.2. The second kappa shape index (κ2) is 10.9. The molecule has 2 heterocycles. The molecule has 7 nitrogen and oxygen atoms in total. The third kappa shape index (κ3) is 5.80. The minimum Gasteiger partial charge on any atom is -0.326 e. The van der Waals surface area contributed by atoms with Gasteiger partial charge in [-0.3, -0.25) is 14.5 Å². The molecule has 0 unspecified atom stereocenters. The van der Waals surface area contributed by atoms with Crippen molar-refractivity contribution >= 4 is 23.3 Å². The van der Waals surface area contributed by atoms with Crippen LogP contribution in [0.5, 0.6) is 0 Å². The van der Waals surface area contributed by atoms with Crippen LogP contribution in [0.3, 0.4) is 0 Å². The molecule has 0 atom stereocenters. The highest BCUT2D eigenvalue weighted by Gasteiger charge is 2.27. The number of aromatic nitrogens is 2. The van der Waals surface area contributed by atoms with Gasteiger partial charge >= 0.3 is 0 Å². The zero-order valence-corrected chi connectivity index (χ0v) is 20.0. The Bertz CT molecular complexity index is 1130. The average molecular weight is 472 g/mol. The van der Waals surface area contributed by atoms with E-state index in [-0.39, 0.29) is 17.7 Å². The number of nitrogens with zero attached hydrogens (tertiary/aromatic N) is 3. The van der Waals surface area contributed by atoms with Gasteiger partial charge in [0.2, 0.25) is 11.8 Å². The first-order chi connectivity index (χ1) is 17.2. The molecule has 1 saturated heterocycles. The average Bonchev–Trinajstić information content (AvgIpc) is 3.56. The van der Waals surface area contributed by atoms with Gasteiger partial charge in [0, 0.05) is 23.6 Å². The summed E-state index contributed by atoms with van der Waals surface area (Å²) in [6.07, 6.45) is 6.30. The van der Waals surface area contributed by atoms with Crippen LogP contribution in [0.25, 0.3) is 5.69 Å². The molecule has 2 amide bonds. The number of carbonyl (C=O) groups is 2. The zero-order chi connectivity index (χ0) is 24.0. The fraction of sp³-hybridized carbons (Fsp3) is 0.393. The molecule has 2 aliphatic rings. The van der Waals surface area contributed by atoms with Gasteiger partial charge in [0.1, 0.15) is 5.82 Å². The molecule has 5 rings (SSSR count). The van der Waals surface area contributed by atoms with E-state index in [1.807, 2.05) is 71.4 Å². The fourth-order valence-electron chi connectivity index (χ4n) is 5.18. The van der Waals surface area contributed by atoms with Crippen molar-refractivity contribution in [1.82, 2.24) is 14.7 Å². The highest BCUT2D eigenvalue weighted by Crippen LogP contribution is 2.35. The van der Waals surface area contributed by atoms with E-state index in [0.29, 0.717) is 12.5 Å². The van der Waals surface area contributed by atoms with Crippen molar-refractivity contribution in [3.8, 4) is 5.69 Å². The Hall–Kier alpha value is -3.45. The standard InChI is InChI=1S/C28H33N5O2/c34-27(20-32-17-15-22(16-18-32)28(35)29-23-11-3-1-4-12-23)30-26-19-25(21-9-7-8-10-21)31-33(26)24-13-5-2-6-14-24/h1-6,11-14,19,21-22H,7-10,15-18,20H2,(H,29,35)(H,30,34). The van der Waals surface area contributed by atoms with Crippen molar-refractivity contribution in [2.24, 2.45) is 5.92 Å². The summed E-state index contributed by atoms with van der Waals surface area (Å²) in [5, 5.41) is 11.0. The van der Waals surface area contributed by atoms with E-state index < -0.39 is 0 Å². The predicted octanol–water partition coefficient (Wildman–Crippen LogP) is 4.82. The van der Waals surface area contributed by atoms with E-state index in [1.165, 1.54) is 12.8 Å². The summed E-state index contributed by atoms with van der Waals surface area (Å²) in [6, 6.07) is 21.6. The van der Waals surface area contributed by atoms with E-state index in [9.17, 15) is 9.59 Å². The van der Waals surface area contributed by atoms with Gasteiger partial charge in [-0.15, -0.1) is 0 Å². The summed E-state index contributed by atoms with van der Waals surface area (Å²) in [6.45, 7) is 1.77. The van der Waals surface area contributed by atoms with Crippen LogP contribution in [0, 0.1) is 5.92 Å². The first-order valence-corrected chi connectivity index (χ1v) is 12.7. The minimum atomic E-state index is -0.0489. The van der Waals surface area contributed by atoms with Gasteiger partial charge in [-0.1, -0.05) is 49.2 Å². The molecular weight excluding hydrogens is 438 g/mol. The van der Waals surface area contributed by atoms with Crippen LogP contribution in [0.2, 0.25) is 0 Å². The summed E-state index contributed by atoms with van der Waals surface area (Å²) in [5.74, 6) is 1.18. The third-order valence-corrected chi connectivity index (χ3v) is 7.14. The zero-order valence-electron chi connectivity index (χ0n) is 20.0. The van der Waals surface area contributed by atoms with Crippen molar-refractivity contribution in [3.05, 3.63) is 72.4 Å². The van der Waals surface area contributed by atoms with Gasteiger partial charge in [-0.05, 0) is 63.0 Å². The van der Waals surface area contributed by atoms with Gasteiger partial charge in [0.05, 0.1) is 17.9 Å². The number of carbonyl (C=O) groups excluding carboxylic acids is 2. The van der Waals surface area contributed by atoms with Crippen molar-refractivity contribution in [1.29, 1.82) is 0 Å². The Kier molecular flexibility index (Phi) is 7.23. The molecule has 1 saturated carbocycles. The molecule has 0 bridgehead atoms. The van der Waals surface area contributed by atoms with E-state index in [0.717, 1.165) is 61.7 Å². The van der Waals surface area contributed by atoms with Gasteiger partial charge in [0.15, 0.2) is 0 Å². The van der Waals surface area contributed by atoms with Gasteiger partial charge in [-0.25, -0.2) is 4.68 Å². The van der Waals surface area contributed by atoms with Crippen molar-refractivity contribution in [2.45, 2.75) is 44.4 Å². The second-order valence-electron chi connectivity index (χ2n) is 9.64. The molecule has 2 N–H and O–H groups in total. The Morgan fingerprint density at radius 1 is 0.857 bits per heavy atom. The lowest BCUT2D eigenvalue weighted by molar-refractivity contribution is -0.121. The van der Waals surface area contributed by atoms with Crippen molar-refractivity contribution < 1.29 is 9.59 Å². The number of para-hydroxylation sites is 2. The summed E-state index contributed by atoms with van der Waals surface area (Å²) in [4.78, 5) is 27.7. The van der Waals surface area contributed by atoms with E-state index >= 15 is 0 Å². The summed E-state index contributed by atoms with van der Waals surface area (Å²) < 4.78 is 1.85. The van der Waals surface area contributed by atoms with Crippen LogP contribution in [-0.4, -0.2) is 46.1 Å². The molecule has 1 aliphatic carbocycles. The minimum absolute atomic E-state index is 0.0250. The number of hydrogen-bond acceptors (Lipinski definition) is 4. The second-order valence-corrected chi connectivity index (χ2v) is 9.64. The largest absolute Gasteiger partial charge is 0.326 e. The summed E-state index contributed by atoms with van der Waals surface area (Å²) >= 11 is 0. The molecule has 182 valence electrons. The Morgan fingerprint density at radius 3 is 2.20 bits per heavy atom. The monoisotopic (exact) mass is 471 g/mol. The van der Waals surface area contributed by atoms with Crippen LogP contribution in [0.4, 0.5) is 11.5 Å². The Morgan fingerprint density at radius 2 is 1.51 bits per heavy atom. The topological polar surface area (TPSA) is 79.3 Å². The molecule has 1 aliphatic heterocycles. The van der Waals surface area contributed by atoms with E-state index in [2.05, 4.69) is 15.5 Å². The molecule has 3 aromatic rings. The summed E-state index contributed by atoms with van der Waals surface area (Å²) in [5.41, 5.74) is 2.83. The fourth-order valence-corrected chi connectivity index (χ4v) is 5.18. The molecular formula is C28H33N5O2. The van der Waals surface area contributed by atoms with Gasteiger partial charge < -0.3 is 10.6 Å². The first kappa shape index (κ1) is 23.3. The van der Waals surface area contributed by atoms with Crippen LogP contribution in [0.1, 0.15) is 50.1 Å². The quantitative estimate of drug-likeness (QED) is 0.518. The smallest absolute Gasteiger partial charge is 0.239 e. The Balaban J connectivity index is 1.18. The van der Waals surface area contributed by atoms with Crippen molar-refractivity contribution in [3.63, 3.8) is 0 Å². The molecule has 7 heteroatoms. The number of hydrogen-bond donors (Lipinski definition) is 2. The first-order valence-electron chi connectivity index (χ1n) is 12.7. The number of amides is 2. The van der Waals surface area contributed by atoms with Crippen LogP contribution in [-0.2, 0) is 9.59 Å². The molecule has 0 spiro atoms. The highest BCUT2D eigenvalue weighted by molar-refractivity contribution is 5.93. The van der Waals surface area contributed by atoms with Crippen molar-refractivity contribution in [2.75, 3.05) is 30.3 Å². The van der Waals surface area contributed by atoms with E-state index in [1.54, 1.807) is 0 Å². The number of nitrogens with one attached hydrogen (secondary N) is 2. The number of likely N-dealkylation sites (tertiary alicyclic amines) is 1. The van der Waals surface area contributed by atoms with Crippen LogP contribution in [0.15, 0.2) is 66.7 Å². The lowest BCUT2D eigenvalue weighted by Gasteiger charge is -2.30. The summed E-state index contributed by atoms with van der Waals surface area (Å²) in [7, 11) is 0. The maximum Gasteiger partial charge on any atom is 0.239 e. The molecule has 1 aromatic heterocycles. The van der Waals surface area contributed by atoms with Crippen LogP contribution >= 0.6 is 0 Å². The lowest BCUT2D eigenvalue weighted by Crippen LogP contribution is -2.41. The van der Waals surface area contributed by atoms with Gasteiger partial charge in [0.25, 0.3) is 0 Å². The molecule has 2 aromatic carbocycles. The van der Waals surface area contributed by atoms with E-state index in [4.69, 9.17) is 5.10 Å². The molecule has 0 radical (unpaired) electrons. The maximum absolute atomic E-state index is 13.0. The normalized spacial score (nSPS) is 17.4. The predicted molar refractivity (Wildman–Crippen MR) is 138 cm³/mol. The number of rotatable bonds is 7. The lowest BCUT2D eigenvalue weighted by atomic mass is 9.96.